The first-order valence-corrected chi connectivity index (χ1v) is 14.1. The van der Waals surface area contributed by atoms with E-state index in [1.165, 1.54) is 0 Å². The summed E-state index contributed by atoms with van der Waals surface area (Å²) in [5.41, 5.74) is 2.39. The van der Waals surface area contributed by atoms with E-state index in [0.717, 1.165) is 67.9 Å². The number of fused-ring (bicyclic) bond motifs is 1. The molecular formula is C31H38N2O6. The highest BCUT2D eigenvalue weighted by molar-refractivity contribution is 6.46. The lowest BCUT2D eigenvalue weighted by Gasteiger charge is -2.29. The van der Waals surface area contributed by atoms with Gasteiger partial charge in [0.25, 0.3) is 11.7 Å². The van der Waals surface area contributed by atoms with Gasteiger partial charge in [-0.3, -0.25) is 14.5 Å². The van der Waals surface area contributed by atoms with Crippen molar-refractivity contribution in [3.8, 4) is 11.5 Å². The van der Waals surface area contributed by atoms with E-state index in [2.05, 4.69) is 11.8 Å². The van der Waals surface area contributed by atoms with E-state index in [1.807, 2.05) is 43.3 Å². The van der Waals surface area contributed by atoms with Crippen LogP contribution in [0.5, 0.6) is 11.5 Å². The Hall–Kier alpha value is -3.36. The quantitative estimate of drug-likeness (QED) is 0.210. The van der Waals surface area contributed by atoms with Gasteiger partial charge in [0.15, 0.2) is 0 Å². The molecule has 2 atom stereocenters. The molecule has 8 nitrogen and oxygen atoms in total. The fourth-order valence-corrected chi connectivity index (χ4v) is 5.55. The Morgan fingerprint density at radius 1 is 1.05 bits per heavy atom. The van der Waals surface area contributed by atoms with E-state index >= 15 is 0 Å². The Bertz CT molecular complexity index is 1220. The van der Waals surface area contributed by atoms with Crippen molar-refractivity contribution < 1.29 is 28.9 Å². The van der Waals surface area contributed by atoms with E-state index in [4.69, 9.17) is 14.2 Å². The third-order valence-corrected chi connectivity index (χ3v) is 7.65. The number of morpholine rings is 1. The zero-order chi connectivity index (χ0) is 27.4. The minimum Gasteiger partial charge on any atom is -0.507 e. The van der Waals surface area contributed by atoms with Gasteiger partial charge in [-0.2, -0.15) is 0 Å². The number of carbonyl (C=O) groups excluding carboxylic acids is 2. The number of hydrogen-bond donors (Lipinski definition) is 1. The van der Waals surface area contributed by atoms with Crippen molar-refractivity contribution in [1.82, 2.24) is 9.80 Å². The number of Topliss-reactive ketones (excluding diaryl/α,β-unsaturated/α-hetero) is 1. The maximum absolute atomic E-state index is 13.4. The Labute approximate surface area is 230 Å². The number of carbonyl (C=O) groups is 2. The molecule has 3 aliphatic rings. The second kappa shape index (κ2) is 12.2. The lowest BCUT2D eigenvalue weighted by Crippen LogP contribution is -2.38. The minimum absolute atomic E-state index is 0.0625. The Morgan fingerprint density at radius 3 is 2.56 bits per heavy atom. The molecule has 2 aromatic carbocycles. The molecule has 0 aliphatic carbocycles. The fraction of sp³-hybridized carbons (Fsp3) is 0.484. The highest BCUT2D eigenvalue weighted by Crippen LogP contribution is 2.41. The molecule has 3 heterocycles. The number of amides is 1. The van der Waals surface area contributed by atoms with E-state index in [1.54, 1.807) is 11.0 Å². The fourth-order valence-electron chi connectivity index (χ4n) is 5.55. The van der Waals surface area contributed by atoms with Crippen molar-refractivity contribution in [3.05, 3.63) is 64.7 Å². The molecule has 0 saturated carbocycles. The van der Waals surface area contributed by atoms with Crippen LogP contribution in [0.4, 0.5) is 0 Å². The number of nitrogens with zero attached hydrogens (tertiary/aromatic N) is 2. The molecule has 0 bridgehead atoms. The smallest absolute Gasteiger partial charge is 0.295 e. The number of ketones is 1. The predicted octanol–water partition coefficient (Wildman–Crippen LogP) is 4.33. The summed E-state index contributed by atoms with van der Waals surface area (Å²) in [6.07, 6.45) is 3.53. The van der Waals surface area contributed by atoms with Crippen LogP contribution in [0.3, 0.4) is 0 Å². The average Bonchev–Trinajstić information content (AvgIpc) is 3.45. The molecule has 0 spiro atoms. The molecule has 39 heavy (non-hydrogen) atoms. The highest BCUT2D eigenvalue weighted by Gasteiger charge is 2.46. The van der Waals surface area contributed by atoms with E-state index in [0.29, 0.717) is 31.9 Å². The normalized spacial score (nSPS) is 22.7. The summed E-state index contributed by atoms with van der Waals surface area (Å²) in [5.74, 6) is 0.142. The van der Waals surface area contributed by atoms with Gasteiger partial charge in [-0.05, 0) is 61.2 Å². The van der Waals surface area contributed by atoms with Gasteiger partial charge in [0.2, 0.25) is 0 Å². The van der Waals surface area contributed by atoms with Crippen molar-refractivity contribution in [2.24, 2.45) is 0 Å². The summed E-state index contributed by atoms with van der Waals surface area (Å²) in [4.78, 5) is 30.7. The summed E-state index contributed by atoms with van der Waals surface area (Å²) in [7, 11) is 0. The van der Waals surface area contributed by atoms with Gasteiger partial charge in [-0.15, -0.1) is 0 Å². The lowest BCUT2D eigenvalue weighted by molar-refractivity contribution is -0.140. The van der Waals surface area contributed by atoms with Crippen LogP contribution < -0.4 is 9.47 Å². The van der Waals surface area contributed by atoms with Gasteiger partial charge in [0.05, 0.1) is 31.4 Å². The molecule has 8 heteroatoms. The van der Waals surface area contributed by atoms with Crippen molar-refractivity contribution in [2.45, 2.75) is 51.7 Å². The van der Waals surface area contributed by atoms with Crippen molar-refractivity contribution in [3.63, 3.8) is 0 Å². The number of benzene rings is 2. The number of hydrogen-bond acceptors (Lipinski definition) is 7. The van der Waals surface area contributed by atoms with Gasteiger partial charge in [0.1, 0.15) is 23.4 Å². The predicted molar refractivity (Wildman–Crippen MR) is 148 cm³/mol. The maximum atomic E-state index is 13.4. The number of unbranched alkanes of at least 4 members (excludes halogenated alkanes) is 1. The Morgan fingerprint density at radius 2 is 1.82 bits per heavy atom. The molecule has 208 valence electrons. The molecule has 2 unspecified atom stereocenters. The molecule has 2 fully saturated rings. The van der Waals surface area contributed by atoms with Crippen LogP contribution in [0.15, 0.2) is 48.0 Å². The summed E-state index contributed by atoms with van der Waals surface area (Å²) < 4.78 is 17.1. The van der Waals surface area contributed by atoms with Crippen molar-refractivity contribution in [2.75, 3.05) is 46.0 Å². The number of rotatable bonds is 10. The van der Waals surface area contributed by atoms with Gasteiger partial charge >= 0.3 is 0 Å². The summed E-state index contributed by atoms with van der Waals surface area (Å²) in [6, 6.07) is 12.3. The van der Waals surface area contributed by atoms with Crippen LogP contribution in [0.1, 0.15) is 55.8 Å². The van der Waals surface area contributed by atoms with Crippen LogP contribution in [0.25, 0.3) is 5.76 Å². The molecule has 1 amide bonds. The molecule has 1 N–H and O–H groups in total. The standard InChI is InChI=1S/C31H38N2O6/c1-3-4-16-38-25-9-6-22(7-10-25)28-27(29(34)23-8-11-26-24(20-23)19-21(2)39-26)30(35)31(36)33(28)13-5-12-32-14-17-37-18-15-32/h6-11,20-21,28,34H,3-5,12-19H2,1-2H3. The molecule has 0 radical (unpaired) electrons. The van der Waals surface area contributed by atoms with Gasteiger partial charge in [-0.1, -0.05) is 25.5 Å². The first-order chi connectivity index (χ1) is 19.0. The molecular weight excluding hydrogens is 496 g/mol. The average molecular weight is 535 g/mol. The zero-order valence-corrected chi connectivity index (χ0v) is 22.9. The van der Waals surface area contributed by atoms with E-state index < -0.39 is 17.7 Å². The van der Waals surface area contributed by atoms with Crippen molar-refractivity contribution >= 4 is 17.4 Å². The maximum Gasteiger partial charge on any atom is 0.295 e. The second-order valence-corrected chi connectivity index (χ2v) is 10.5. The zero-order valence-electron chi connectivity index (χ0n) is 22.9. The van der Waals surface area contributed by atoms with Crippen LogP contribution in [-0.2, 0) is 20.7 Å². The van der Waals surface area contributed by atoms with Gasteiger partial charge in [0, 0.05) is 38.2 Å². The monoisotopic (exact) mass is 534 g/mol. The SMILES string of the molecule is CCCCOc1ccc(C2C(=C(O)c3ccc4c(c3)CC(C)O4)C(=O)C(=O)N2CCCN2CCOCC2)cc1. The first-order valence-electron chi connectivity index (χ1n) is 14.1. The topological polar surface area (TPSA) is 88.5 Å². The Kier molecular flexibility index (Phi) is 8.53. The third kappa shape index (κ3) is 5.97. The van der Waals surface area contributed by atoms with Crippen LogP contribution in [0.2, 0.25) is 0 Å². The molecule has 2 aromatic rings. The third-order valence-electron chi connectivity index (χ3n) is 7.65. The highest BCUT2D eigenvalue weighted by atomic mass is 16.5. The molecule has 3 aliphatic heterocycles. The molecule has 5 rings (SSSR count). The number of aliphatic hydroxyl groups is 1. The summed E-state index contributed by atoms with van der Waals surface area (Å²) in [6.45, 7) is 9.12. The molecule has 2 saturated heterocycles. The second-order valence-electron chi connectivity index (χ2n) is 10.5. The lowest BCUT2D eigenvalue weighted by atomic mass is 9.94. The number of aliphatic hydroxyl groups excluding tert-OH is 1. The van der Waals surface area contributed by atoms with Gasteiger partial charge in [-0.25, -0.2) is 0 Å². The van der Waals surface area contributed by atoms with Crippen LogP contribution in [-0.4, -0.2) is 78.7 Å². The van der Waals surface area contributed by atoms with E-state index in [9.17, 15) is 14.7 Å². The van der Waals surface area contributed by atoms with E-state index in [-0.39, 0.29) is 17.4 Å². The summed E-state index contributed by atoms with van der Waals surface area (Å²) in [5, 5.41) is 11.5. The molecule has 0 aromatic heterocycles. The Balaban J connectivity index is 1.45. The largest absolute Gasteiger partial charge is 0.507 e. The summed E-state index contributed by atoms with van der Waals surface area (Å²) >= 11 is 0. The first kappa shape index (κ1) is 27.2. The van der Waals surface area contributed by atoms with Gasteiger partial charge < -0.3 is 24.2 Å². The number of likely N-dealkylation sites (tertiary alicyclic amines) is 1. The number of ether oxygens (including phenoxy) is 3. The minimum atomic E-state index is -0.678. The van der Waals surface area contributed by atoms with Crippen LogP contribution >= 0.6 is 0 Å². The van der Waals surface area contributed by atoms with Crippen LogP contribution in [0, 0.1) is 0 Å². The van der Waals surface area contributed by atoms with Crippen molar-refractivity contribution in [1.29, 1.82) is 0 Å².